The SMILES string of the molecule is COc1cc(C)cc(N)c1C(=O)O. The van der Waals surface area contributed by atoms with Gasteiger partial charge in [0.1, 0.15) is 11.3 Å². The van der Waals surface area contributed by atoms with Gasteiger partial charge in [-0.05, 0) is 24.6 Å². The van der Waals surface area contributed by atoms with Crippen molar-refractivity contribution in [2.45, 2.75) is 6.92 Å². The Labute approximate surface area is 75.9 Å². The molecule has 0 aromatic heterocycles. The Kier molecular flexibility index (Phi) is 2.41. The highest BCUT2D eigenvalue weighted by Gasteiger charge is 2.14. The highest BCUT2D eigenvalue weighted by molar-refractivity contribution is 5.97. The molecule has 1 aromatic rings. The fourth-order valence-electron chi connectivity index (χ4n) is 1.17. The van der Waals surface area contributed by atoms with Crippen LogP contribution in [0.15, 0.2) is 12.1 Å². The quantitative estimate of drug-likeness (QED) is 0.674. The maximum Gasteiger partial charge on any atom is 0.341 e. The first-order chi connectivity index (χ1) is 6.06. The Morgan fingerprint density at radius 2 is 2.15 bits per heavy atom. The number of rotatable bonds is 2. The Hall–Kier alpha value is -1.71. The number of benzene rings is 1. The molecule has 0 aliphatic rings. The summed E-state index contributed by atoms with van der Waals surface area (Å²) in [6.07, 6.45) is 0. The normalized spacial score (nSPS) is 9.69. The second kappa shape index (κ2) is 3.35. The molecule has 1 rings (SSSR count). The molecular weight excluding hydrogens is 170 g/mol. The number of aromatic carboxylic acids is 1. The number of anilines is 1. The van der Waals surface area contributed by atoms with Gasteiger partial charge in [-0.15, -0.1) is 0 Å². The van der Waals surface area contributed by atoms with E-state index in [2.05, 4.69) is 0 Å². The van der Waals surface area contributed by atoms with Gasteiger partial charge in [0.25, 0.3) is 0 Å². The van der Waals surface area contributed by atoms with Crippen LogP contribution in [0.5, 0.6) is 5.75 Å². The minimum Gasteiger partial charge on any atom is -0.496 e. The van der Waals surface area contributed by atoms with E-state index >= 15 is 0 Å². The Bertz CT molecular complexity index is 347. The van der Waals surface area contributed by atoms with E-state index in [4.69, 9.17) is 15.6 Å². The summed E-state index contributed by atoms with van der Waals surface area (Å²) in [6, 6.07) is 3.24. The molecule has 0 amide bonds. The van der Waals surface area contributed by atoms with E-state index in [1.165, 1.54) is 7.11 Å². The number of hydrogen-bond donors (Lipinski definition) is 2. The molecule has 0 heterocycles. The summed E-state index contributed by atoms with van der Waals surface area (Å²) in [5.41, 5.74) is 6.66. The van der Waals surface area contributed by atoms with Gasteiger partial charge >= 0.3 is 5.97 Å². The summed E-state index contributed by atoms with van der Waals surface area (Å²) in [6.45, 7) is 1.82. The summed E-state index contributed by atoms with van der Waals surface area (Å²) >= 11 is 0. The molecule has 0 fully saturated rings. The third kappa shape index (κ3) is 1.72. The number of nitrogens with two attached hydrogens (primary N) is 1. The molecule has 0 unspecified atom stereocenters. The lowest BCUT2D eigenvalue weighted by Crippen LogP contribution is -2.05. The van der Waals surface area contributed by atoms with Crippen molar-refractivity contribution < 1.29 is 14.6 Å². The molecule has 0 saturated heterocycles. The third-order valence-electron chi connectivity index (χ3n) is 1.71. The lowest BCUT2D eigenvalue weighted by Gasteiger charge is -2.08. The summed E-state index contributed by atoms with van der Waals surface area (Å²) in [5.74, 6) is -0.778. The molecule has 13 heavy (non-hydrogen) atoms. The highest BCUT2D eigenvalue weighted by Crippen LogP contribution is 2.26. The first kappa shape index (κ1) is 9.38. The molecule has 3 N–H and O–H groups in total. The lowest BCUT2D eigenvalue weighted by atomic mass is 10.1. The number of hydrogen-bond acceptors (Lipinski definition) is 3. The van der Waals surface area contributed by atoms with Gasteiger partial charge in [0, 0.05) is 0 Å². The van der Waals surface area contributed by atoms with Gasteiger partial charge in [-0.3, -0.25) is 0 Å². The smallest absolute Gasteiger partial charge is 0.341 e. The Balaban J connectivity index is 3.38. The fourth-order valence-corrected chi connectivity index (χ4v) is 1.17. The van der Waals surface area contributed by atoms with E-state index in [0.717, 1.165) is 5.56 Å². The fraction of sp³-hybridized carbons (Fsp3) is 0.222. The number of carbonyl (C=O) groups is 1. The number of aryl methyl sites for hydroxylation is 1. The molecule has 0 saturated carbocycles. The molecule has 0 aliphatic carbocycles. The van der Waals surface area contributed by atoms with E-state index in [0.29, 0.717) is 5.75 Å². The highest BCUT2D eigenvalue weighted by atomic mass is 16.5. The van der Waals surface area contributed by atoms with Gasteiger partial charge in [-0.25, -0.2) is 4.79 Å². The first-order valence-electron chi connectivity index (χ1n) is 3.73. The Morgan fingerprint density at radius 1 is 1.54 bits per heavy atom. The predicted octanol–water partition coefficient (Wildman–Crippen LogP) is 1.28. The van der Waals surface area contributed by atoms with Gasteiger partial charge in [0.2, 0.25) is 0 Å². The molecule has 1 aromatic carbocycles. The van der Waals surface area contributed by atoms with Crippen LogP contribution in [0.25, 0.3) is 0 Å². The molecule has 0 aliphatic heterocycles. The minimum atomic E-state index is -1.07. The topological polar surface area (TPSA) is 72.5 Å². The van der Waals surface area contributed by atoms with Crippen LogP contribution in [0, 0.1) is 6.92 Å². The predicted molar refractivity (Wildman–Crippen MR) is 49.1 cm³/mol. The van der Waals surface area contributed by atoms with E-state index in [1.807, 2.05) is 6.92 Å². The van der Waals surface area contributed by atoms with E-state index in [9.17, 15) is 4.79 Å². The third-order valence-corrected chi connectivity index (χ3v) is 1.71. The van der Waals surface area contributed by atoms with Crippen LogP contribution in [0.2, 0.25) is 0 Å². The van der Waals surface area contributed by atoms with Crippen molar-refractivity contribution in [2.24, 2.45) is 0 Å². The van der Waals surface area contributed by atoms with Crippen molar-refractivity contribution in [1.29, 1.82) is 0 Å². The molecule has 4 nitrogen and oxygen atoms in total. The molecule has 0 bridgehead atoms. The number of carboxylic acids is 1. The van der Waals surface area contributed by atoms with E-state index in [1.54, 1.807) is 12.1 Å². The Morgan fingerprint density at radius 3 is 2.62 bits per heavy atom. The molecule has 4 heteroatoms. The standard InChI is InChI=1S/C9H11NO3/c1-5-3-6(10)8(9(11)12)7(4-5)13-2/h3-4H,10H2,1-2H3,(H,11,12). The van der Waals surface area contributed by atoms with Crippen molar-refractivity contribution in [2.75, 3.05) is 12.8 Å². The van der Waals surface area contributed by atoms with Gasteiger partial charge in [0.15, 0.2) is 0 Å². The number of methoxy groups -OCH3 is 1. The van der Waals surface area contributed by atoms with Crippen LogP contribution in [-0.4, -0.2) is 18.2 Å². The van der Waals surface area contributed by atoms with E-state index < -0.39 is 5.97 Å². The lowest BCUT2D eigenvalue weighted by molar-refractivity contribution is 0.0694. The maximum absolute atomic E-state index is 10.8. The number of ether oxygens (including phenoxy) is 1. The average molecular weight is 181 g/mol. The summed E-state index contributed by atoms with van der Waals surface area (Å²) < 4.78 is 4.91. The monoisotopic (exact) mass is 181 g/mol. The molecular formula is C9H11NO3. The zero-order chi connectivity index (χ0) is 10.0. The second-order valence-electron chi connectivity index (χ2n) is 2.74. The molecule has 0 radical (unpaired) electrons. The van der Waals surface area contributed by atoms with Gasteiger partial charge in [0.05, 0.1) is 12.8 Å². The number of nitrogen functional groups attached to an aromatic ring is 1. The van der Waals surface area contributed by atoms with Crippen LogP contribution < -0.4 is 10.5 Å². The second-order valence-corrected chi connectivity index (χ2v) is 2.74. The zero-order valence-electron chi connectivity index (χ0n) is 7.50. The van der Waals surface area contributed by atoms with Crippen LogP contribution in [0.1, 0.15) is 15.9 Å². The molecule has 0 atom stereocenters. The largest absolute Gasteiger partial charge is 0.496 e. The summed E-state index contributed by atoms with van der Waals surface area (Å²) in [7, 11) is 1.42. The summed E-state index contributed by atoms with van der Waals surface area (Å²) in [5, 5.41) is 8.81. The average Bonchev–Trinajstić information content (AvgIpc) is 2.01. The van der Waals surface area contributed by atoms with Crippen molar-refractivity contribution >= 4 is 11.7 Å². The van der Waals surface area contributed by atoms with Gasteiger partial charge in [-0.2, -0.15) is 0 Å². The van der Waals surface area contributed by atoms with Crippen molar-refractivity contribution in [3.05, 3.63) is 23.3 Å². The van der Waals surface area contributed by atoms with Gasteiger partial charge in [-0.1, -0.05) is 0 Å². The molecule has 0 spiro atoms. The van der Waals surface area contributed by atoms with Crippen molar-refractivity contribution in [1.82, 2.24) is 0 Å². The first-order valence-corrected chi connectivity index (χ1v) is 3.73. The number of carboxylic acid groups (broad SMARTS) is 1. The zero-order valence-corrected chi connectivity index (χ0v) is 7.50. The van der Waals surface area contributed by atoms with Crippen LogP contribution in [0.4, 0.5) is 5.69 Å². The minimum absolute atomic E-state index is 0.0214. The van der Waals surface area contributed by atoms with Crippen molar-refractivity contribution in [3.63, 3.8) is 0 Å². The van der Waals surface area contributed by atoms with Crippen molar-refractivity contribution in [3.8, 4) is 5.75 Å². The molecule has 70 valence electrons. The maximum atomic E-state index is 10.8. The van der Waals surface area contributed by atoms with Crippen LogP contribution >= 0.6 is 0 Å². The van der Waals surface area contributed by atoms with Gasteiger partial charge < -0.3 is 15.6 Å². The van der Waals surface area contributed by atoms with Crippen LogP contribution in [0.3, 0.4) is 0 Å². The van der Waals surface area contributed by atoms with E-state index in [-0.39, 0.29) is 11.3 Å². The summed E-state index contributed by atoms with van der Waals surface area (Å²) in [4.78, 5) is 10.8. The van der Waals surface area contributed by atoms with Crippen LogP contribution in [-0.2, 0) is 0 Å².